The van der Waals surface area contributed by atoms with Crippen molar-refractivity contribution in [3.05, 3.63) is 22.5 Å². The topological polar surface area (TPSA) is 46.6 Å². The van der Waals surface area contributed by atoms with Crippen LogP contribution >= 0.6 is 11.3 Å². The average Bonchev–Trinajstić information content (AvgIpc) is 2.82. The minimum absolute atomic E-state index is 0.335. The number of fused-ring (bicyclic) bond motifs is 1. The normalized spacial score (nSPS) is 15.3. The highest BCUT2D eigenvalue weighted by Gasteiger charge is 2.28. The van der Waals surface area contributed by atoms with E-state index in [1.807, 2.05) is 0 Å². The molecular formula is C14H24N4S. The van der Waals surface area contributed by atoms with Gasteiger partial charge in [0.05, 0.1) is 11.4 Å². The van der Waals surface area contributed by atoms with Crippen LogP contribution in [-0.4, -0.2) is 33.0 Å². The van der Waals surface area contributed by atoms with Crippen molar-refractivity contribution in [1.29, 1.82) is 0 Å². The minimum atomic E-state index is -0.335. The second-order valence-electron chi connectivity index (χ2n) is 5.35. The predicted octanol–water partition coefficient (Wildman–Crippen LogP) is 2.57. The van der Waals surface area contributed by atoms with Crippen LogP contribution in [0.5, 0.6) is 0 Å². The lowest BCUT2D eigenvalue weighted by atomic mass is 10.0. The summed E-state index contributed by atoms with van der Waals surface area (Å²) in [5, 5.41) is 2.15. The Hall–Kier alpha value is -0.910. The number of likely N-dealkylation sites (N-methyl/N-ethyl adjacent to an activating group) is 1. The van der Waals surface area contributed by atoms with Crippen LogP contribution in [0.1, 0.15) is 37.9 Å². The first-order valence-corrected chi connectivity index (χ1v) is 7.74. The van der Waals surface area contributed by atoms with E-state index >= 15 is 0 Å². The van der Waals surface area contributed by atoms with E-state index in [0.717, 1.165) is 30.2 Å². The average molecular weight is 280 g/mol. The van der Waals surface area contributed by atoms with Crippen LogP contribution < -0.4 is 5.73 Å². The van der Waals surface area contributed by atoms with Crippen molar-refractivity contribution in [2.24, 2.45) is 5.73 Å². The fourth-order valence-corrected chi connectivity index (χ4v) is 3.70. The van der Waals surface area contributed by atoms with Gasteiger partial charge in [-0.25, -0.2) is 4.98 Å². The molecule has 0 fully saturated rings. The number of nitrogens with two attached hydrogens (primary N) is 1. The van der Waals surface area contributed by atoms with Crippen LogP contribution in [0.4, 0.5) is 0 Å². The van der Waals surface area contributed by atoms with Gasteiger partial charge in [0.15, 0.2) is 4.96 Å². The number of hydrogen-bond donors (Lipinski definition) is 1. The Labute approximate surface area is 119 Å². The van der Waals surface area contributed by atoms with Crippen LogP contribution in [0.2, 0.25) is 0 Å². The largest absolute Gasteiger partial charge is 0.313 e. The molecule has 106 valence electrons. The number of rotatable bonds is 5. The highest BCUT2D eigenvalue weighted by Crippen LogP contribution is 2.24. The molecule has 0 amide bonds. The van der Waals surface area contributed by atoms with Gasteiger partial charge in [0.1, 0.15) is 0 Å². The zero-order valence-corrected chi connectivity index (χ0v) is 13.3. The van der Waals surface area contributed by atoms with Crippen molar-refractivity contribution in [3.63, 3.8) is 0 Å². The molecule has 2 N–H and O–H groups in total. The van der Waals surface area contributed by atoms with Crippen LogP contribution in [0.15, 0.2) is 5.38 Å². The molecular weight excluding hydrogens is 256 g/mol. The minimum Gasteiger partial charge on any atom is -0.313 e. The molecule has 19 heavy (non-hydrogen) atoms. The summed E-state index contributed by atoms with van der Waals surface area (Å²) in [4.78, 5) is 8.01. The standard InChI is InChI=1S/C14H24N4S/c1-6-17(7-2)14(5,15)8-12-11(4)16-13-18(12)10(3)9-19-13/h9H,6-8,15H2,1-5H3. The predicted molar refractivity (Wildman–Crippen MR) is 81.8 cm³/mol. The van der Waals surface area contributed by atoms with Gasteiger partial charge in [-0.05, 0) is 33.9 Å². The molecule has 1 atom stereocenters. The molecule has 0 aliphatic heterocycles. The zero-order valence-electron chi connectivity index (χ0n) is 12.5. The Morgan fingerprint density at radius 3 is 2.58 bits per heavy atom. The van der Waals surface area contributed by atoms with E-state index in [9.17, 15) is 0 Å². The molecule has 0 saturated heterocycles. The van der Waals surface area contributed by atoms with E-state index in [1.54, 1.807) is 11.3 Å². The smallest absolute Gasteiger partial charge is 0.194 e. The number of aryl methyl sites for hydroxylation is 2. The number of thiazole rings is 1. The molecule has 0 bridgehead atoms. The van der Waals surface area contributed by atoms with Gasteiger partial charge in [-0.3, -0.25) is 9.30 Å². The Kier molecular flexibility index (Phi) is 3.99. The maximum Gasteiger partial charge on any atom is 0.194 e. The second kappa shape index (κ2) is 5.23. The summed E-state index contributed by atoms with van der Waals surface area (Å²) in [6.07, 6.45) is 0.819. The third kappa shape index (κ3) is 2.55. The van der Waals surface area contributed by atoms with Gasteiger partial charge in [-0.2, -0.15) is 0 Å². The summed E-state index contributed by atoms with van der Waals surface area (Å²) in [6, 6.07) is 0. The lowest BCUT2D eigenvalue weighted by Crippen LogP contribution is -2.55. The van der Waals surface area contributed by atoms with Crippen molar-refractivity contribution >= 4 is 16.3 Å². The zero-order chi connectivity index (χ0) is 14.2. The molecule has 2 heterocycles. The van der Waals surface area contributed by atoms with Crippen molar-refractivity contribution in [3.8, 4) is 0 Å². The van der Waals surface area contributed by atoms with Crippen LogP contribution in [0, 0.1) is 13.8 Å². The summed E-state index contributed by atoms with van der Waals surface area (Å²) in [7, 11) is 0. The third-order valence-corrected chi connectivity index (χ3v) is 4.78. The van der Waals surface area contributed by atoms with Crippen LogP contribution in [-0.2, 0) is 6.42 Å². The van der Waals surface area contributed by atoms with Crippen molar-refractivity contribution in [1.82, 2.24) is 14.3 Å². The van der Waals surface area contributed by atoms with Gasteiger partial charge in [-0.1, -0.05) is 13.8 Å². The monoisotopic (exact) mass is 280 g/mol. The third-order valence-electron chi connectivity index (χ3n) is 3.84. The first-order valence-electron chi connectivity index (χ1n) is 6.86. The van der Waals surface area contributed by atoms with Gasteiger partial charge < -0.3 is 5.73 Å². The quantitative estimate of drug-likeness (QED) is 0.856. The number of aromatic nitrogens is 2. The van der Waals surface area contributed by atoms with E-state index in [-0.39, 0.29) is 5.66 Å². The van der Waals surface area contributed by atoms with Crippen molar-refractivity contribution < 1.29 is 0 Å². The van der Waals surface area contributed by atoms with Crippen LogP contribution in [0.25, 0.3) is 4.96 Å². The Balaban J connectivity index is 2.40. The summed E-state index contributed by atoms with van der Waals surface area (Å²) in [6.45, 7) is 12.6. The molecule has 2 aromatic rings. The second-order valence-corrected chi connectivity index (χ2v) is 6.18. The van der Waals surface area contributed by atoms with E-state index in [1.165, 1.54) is 11.4 Å². The molecule has 0 aliphatic carbocycles. The van der Waals surface area contributed by atoms with E-state index < -0.39 is 0 Å². The molecule has 0 saturated carbocycles. The van der Waals surface area contributed by atoms with Gasteiger partial charge in [-0.15, -0.1) is 11.3 Å². The Morgan fingerprint density at radius 1 is 1.37 bits per heavy atom. The molecule has 0 aromatic carbocycles. The number of imidazole rings is 1. The maximum absolute atomic E-state index is 6.54. The number of hydrogen-bond acceptors (Lipinski definition) is 4. The first-order chi connectivity index (χ1) is 8.90. The summed E-state index contributed by atoms with van der Waals surface area (Å²) < 4.78 is 2.24. The molecule has 4 nitrogen and oxygen atoms in total. The molecule has 2 aromatic heterocycles. The van der Waals surface area contributed by atoms with Crippen molar-refractivity contribution in [2.45, 2.75) is 46.7 Å². The van der Waals surface area contributed by atoms with E-state index in [2.05, 4.69) is 54.3 Å². The SMILES string of the molecule is CCN(CC)C(C)(N)Cc1c(C)nc2scc(C)n12. The molecule has 2 rings (SSSR count). The highest BCUT2D eigenvalue weighted by atomic mass is 32.1. The molecule has 5 heteroatoms. The fourth-order valence-electron chi connectivity index (χ4n) is 2.77. The lowest BCUT2D eigenvalue weighted by Gasteiger charge is -2.37. The van der Waals surface area contributed by atoms with Crippen LogP contribution in [0.3, 0.4) is 0 Å². The van der Waals surface area contributed by atoms with Crippen molar-refractivity contribution in [2.75, 3.05) is 13.1 Å². The molecule has 0 spiro atoms. The maximum atomic E-state index is 6.54. The van der Waals surface area contributed by atoms with Gasteiger partial charge in [0.2, 0.25) is 0 Å². The molecule has 0 aliphatic rings. The van der Waals surface area contributed by atoms with Gasteiger partial charge in [0, 0.05) is 23.2 Å². The van der Waals surface area contributed by atoms with E-state index in [4.69, 9.17) is 5.73 Å². The fraction of sp³-hybridized carbons (Fsp3) is 0.643. The number of nitrogens with zero attached hydrogens (tertiary/aromatic N) is 3. The molecule has 1 unspecified atom stereocenters. The van der Waals surface area contributed by atoms with E-state index in [0.29, 0.717) is 0 Å². The summed E-state index contributed by atoms with van der Waals surface area (Å²) in [5.74, 6) is 0. The first kappa shape index (κ1) is 14.5. The Bertz CT molecular complexity index is 563. The van der Waals surface area contributed by atoms with Gasteiger partial charge in [0.25, 0.3) is 0 Å². The summed E-state index contributed by atoms with van der Waals surface area (Å²) in [5.41, 5.74) is 9.78. The summed E-state index contributed by atoms with van der Waals surface area (Å²) >= 11 is 1.69. The Morgan fingerprint density at radius 2 is 2.00 bits per heavy atom. The lowest BCUT2D eigenvalue weighted by molar-refractivity contribution is 0.121. The van der Waals surface area contributed by atoms with Gasteiger partial charge >= 0.3 is 0 Å². The molecule has 0 radical (unpaired) electrons. The highest BCUT2D eigenvalue weighted by molar-refractivity contribution is 7.15.